The Morgan fingerprint density at radius 1 is 1.10 bits per heavy atom. The predicted octanol–water partition coefficient (Wildman–Crippen LogP) is 2.63. The van der Waals surface area contributed by atoms with Crippen molar-refractivity contribution in [3.63, 3.8) is 0 Å². The standard InChI is InChI=1S/C24H34FN5O/c1-26-24(28-17-23(29(2)3)19-9-6-10-22(25)15-19)27-16-20-7-4-5-8-21(20)18-30-11-13-31-14-12-30/h4-10,15,23H,11-14,16-18H2,1-3H3,(H2,26,27,28). The number of guanidine groups is 1. The fourth-order valence-electron chi connectivity index (χ4n) is 3.79. The smallest absolute Gasteiger partial charge is 0.191 e. The molecule has 31 heavy (non-hydrogen) atoms. The van der Waals surface area contributed by atoms with E-state index in [1.165, 1.54) is 17.2 Å². The van der Waals surface area contributed by atoms with Gasteiger partial charge < -0.3 is 20.3 Å². The SMILES string of the molecule is CN=C(NCc1ccccc1CN1CCOCC1)NCC(c1cccc(F)c1)N(C)C. The molecular formula is C24H34FN5O. The Kier molecular flexibility index (Phi) is 8.82. The third-order valence-electron chi connectivity index (χ3n) is 5.61. The minimum Gasteiger partial charge on any atom is -0.379 e. The van der Waals surface area contributed by atoms with Crippen molar-refractivity contribution in [2.45, 2.75) is 19.1 Å². The summed E-state index contributed by atoms with van der Waals surface area (Å²) in [6, 6.07) is 15.3. The van der Waals surface area contributed by atoms with Gasteiger partial charge in [-0.3, -0.25) is 9.89 Å². The van der Waals surface area contributed by atoms with E-state index in [4.69, 9.17) is 4.74 Å². The Balaban J connectivity index is 1.58. The van der Waals surface area contributed by atoms with Gasteiger partial charge in [-0.05, 0) is 42.9 Å². The molecule has 7 heteroatoms. The Labute approximate surface area is 185 Å². The van der Waals surface area contributed by atoms with Gasteiger partial charge in [0, 0.05) is 39.8 Å². The molecule has 6 nitrogen and oxygen atoms in total. The van der Waals surface area contributed by atoms with Crippen molar-refractivity contribution in [3.05, 3.63) is 71.0 Å². The molecule has 1 aliphatic heterocycles. The lowest BCUT2D eigenvalue weighted by atomic mass is 10.1. The molecule has 1 unspecified atom stereocenters. The number of ether oxygens (including phenoxy) is 1. The molecule has 0 aliphatic carbocycles. The number of hydrogen-bond donors (Lipinski definition) is 2. The average molecular weight is 428 g/mol. The van der Waals surface area contributed by atoms with Gasteiger partial charge in [0.25, 0.3) is 0 Å². The normalized spacial score (nSPS) is 16.4. The topological polar surface area (TPSA) is 52.1 Å². The minimum atomic E-state index is -0.219. The molecule has 1 heterocycles. The molecular weight excluding hydrogens is 393 g/mol. The molecule has 0 bridgehead atoms. The van der Waals surface area contributed by atoms with Crippen LogP contribution in [-0.4, -0.2) is 69.8 Å². The zero-order chi connectivity index (χ0) is 22.1. The monoisotopic (exact) mass is 427 g/mol. The number of hydrogen-bond acceptors (Lipinski definition) is 4. The molecule has 3 rings (SSSR count). The maximum Gasteiger partial charge on any atom is 0.191 e. The van der Waals surface area contributed by atoms with E-state index in [0.29, 0.717) is 13.1 Å². The Hall–Kier alpha value is -2.48. The van der Waals surface area contributed by atoms with Crippen molar-refractivity contribution in [3.8, 4) is 0 Å². The van der Waals surface area contributed by atoms with E-state index in [-0.39, 0.29) is 11.9 Å². The lowest BCUT2D eigenvalue weighted by Gasteiger charge is -2.28. The van der Waals surface area contributed by atoms with Crippen LogP contribution in [0.3, 0.4) is 0 Å². The van der Waals surface area contributed by atoms with Gasteiger partial charge in [-0.25, -0.2) is 4.39 Å². The molecule has 1 atom stereocenters. The highest BCUT2D eigenvalue weighted by molar-refractivity contribution is 5.79. The van der Waals surface area contributed by atoms with Gasteiger partial charge in [-0.1, -0.05) is 36.4 Å². The summed E-state index contributed by atoms with van der Waals surface area (Å²) in [6.45, 7) is 5.77. The van der Waals surface area contributed by atoms with Gasteiger partial charge in [-0.15, -0.1) is 0 Å². The van der Waals surface area contributed by atoms with Gasteiger partial charge >= 0.3 is 0 Å². The summed E-state index contributed by atoms with van der Waals surface area (Å²) in [5.74, 6) is 0.508. The van der Waals surface area contributed by atoms with Crippen molar-refractivity contribution >= 4 is 5.96 Å². The molecule has 0 amide bonds. The van der Waals surface area contributed by atoms with E-state index in [2.05, 4.69) is 49.7 Å². The fourth-order valence-corrected chi connectivity index (χ4v) is 3.79. The summed E-state index contributed by atoms with van der Waals surface area (Å²) in [7, 11) is 5.76. The van der Waals surface area contributed by atoms with Crippen molar-refractivity contribution in [2.75, 3.05) is 54.0 Å². The molecule has 0 aromatic heterocycles. The molecule has 0 radical (unpaired) electrons. The number of nitrogens with one attached hydrogen (secondary N) is 2. The highest BCUT2D eigenvalue weighted by atomic mass is 19.1. The van der Waals surface area contributed by atoms with Crippen LogP contribution in [0.5, 0.6) is 0 Å². The third kappa shape index (κ3) is 7.02. The van der Waals surface area contributed by atoms with Crippen molar-refractivity contribution in [1.29, 1.82) is 0 Å². The van der Waals surface area contributed by atoms with Gasteiger partial charge in [-0.2, -0.15) is 0 Å². The van der Waals surface area contributed by atoms with Crippen LogP contribution < -0.4 is 10.6 Å². The van der Waals surface area contributed by atoms with Crippen LogP contribution in [0, 0.1) is 5.82 Å². The third-order valence-corrected chi connectivity index (χ3v) is 5.61. The summed E-state index contributed by atoms with van der Waals surface area (Å²) in [5.41, 5.74) is 3.51. The zero-order valence-corrected chi connectivity index (χ0v) is 18.8. The Bertz CT molecular complexity index is 851. The highest BCUT2D eigenvalue weighted by Gasteiger charge is 2.16. The van der Waals surface area contributed by atoms with Gasteiger partial charge in [0.2, 0.25) is 0 Å². The van der Waals surface area contributed by atoms with Crippen LogP contribution in [0.25, 0.3) is 0 Å². The Morgan fingerprint density at radius 3 is 2.52 bits per heavy atom. The number of benzene rings is 2. The largest absolute Gasteiger partial charge is 0.379 e. The van der Waals surface area contributed by atoms with Crippen molar-refractivity contribution in [2.24, 2.45) is 4.99 Å². The van der Waals surface area contributed by atoms with E-state index >= 15 is 0 Å². The van der Waals surface area contributed by atoms with Crippen LogP contribution in [0.4, 0.5) is 4.39 Å². The Morgan fingerprint density at radius 2 is 1.84 bits per heavy atom. The molecule has 2 aromatic carbocycles. The van der Waals surface area contributed by atoms with Crippen LogP contribution in [0.2, 0.25) is 0 Å². The number of morpholine rings is 1. The predicted molar refractivity (Wildman–Crippen MR) is 124 cm³/mol. The first-order chi connectivity index (χ1) is 15.1. The van der Waals surface area contributed by atoms with Gasteiger partial charge in [0.15, 0.2) is 5.96 Å². The van der Waals surface area contributed by atoms with E-state index in [1.807, 2.05) is 20.2 Å². The first-order valence-electron chi connectivity index (χ1n) is 10.8. The van der Waals surface area contributed by atoms with Crippen LogP contribution >= 0.6 is 0 Å². The summed E-state index contributed by atoms with van der Waals surface area (Å²) in [5, 5.41) is 6.81. The van der Waals surface area contributed by atoms with Crippen molar-refractivity contribution in [1.82, 2.24) is 20.4 Å². The number of halogens is 1. The maximum atomic E-state index is 13.7. The first-order valence-corrected chi connectivity index (χ1v) is 10.8. The first kappa shape index (κ1) is 23.2. The lowest BCUT2D eigenvalue weighted by molar-refractivity contribution is 0.0341. The van der Waals surface area contributed by atoms with E-state index in [9.17, 15) is 4.39 Å². The van der Waals surface area contributed by atoms with Gasteiger partial charge in [0.05, 0.1) is 19.3 Å². The second-order valence-electron chi connectivity index (χ2n) is 8.00. The highest BCUT2D eigenvalue weighted by Crippen LogP contribution is 2.18. The quantitative estimate of drug-likeness (QED) is 0.501. The number of likely N-dealkylation sites (N-methyl/N-ethyl adjacent to an activating group) is 1. The number of nitrogens with zero attached hydrogens (tertiary/aromatic N) is 3. The number of aliphatic imine (C=N–C) groups is 1. The molecule has 2 aromatic rings. The second-order valence-corrected chi connectivity index (χ2v) is 8.00. The van der Waals surface area contributed by atoms with Crippen molar-refractivity contribution < 1.29 is 9.13 Å². The average Bonchev–Trinajstić information content (AvgIpc) is 2.77. The van der Waals surface area contributed by atoms with Crippen LogP contribution in [0.1, 0.15) is 22.7 Å². The van der Waals surface area contributed by atoms with Gasteiger partial charge in [0.1, 0.15) is 5.82 Å². The molecule has 0 saturated carbocycles. The minimum absolute atomic E-state index is 0.0304. The number of rotatable bonds is 8. The van der Waals surface area contributed by atoms with E-state index in [0.717, 1.165) is 44.4 Å². The summed E-state index contributed by atoms with van der Waals surface area (Å²) in [6.07, 6.45) is 0. The summed E-state index contributed by atoms with van der Waals surface area (Å²) in [4.78, 5) is 8.87. The molecule has 1 aliphatic rings. The molecule has 168 valence electrons. The summed E-state index contributed by atoms with van der Waals surface area (Å²) < 4.78 is 19.1. The van der Waals surface area contributed by atoms with Crippen LogP contribution in [0.15, 0.2) is 53.5 Å². The molecule has 1 saturated heterocycles. The second kappa shape index (κ2) is 11.8. The zero-order valence-electron chi connectivity index (χ0n) is 18.8. The molecule has 0 spiro atoms. The lowest BCUT2D eigenvalue weighted by Crippen LogP contribution is -2.41. The maximum absolute atomic E-state index is 13.7. The van der Waals surface area contributed by atoms with Crippen LogP contribution in [-0.2, 0) is 17.8 Å². The fraction of sp³-hybridized carbons (Fsp3) is 0.458. The molecule has 2 N–H and O–H groups in total. The summed E-state index contributed by atoms with van der Waals surface area (Å²) >= 11 is 0. The van der Waals surface area contributed by atoms with E-state index in [1.54, 1.807) is 19.2 Å². The molecule has 1 fully saturated rings. The van der Waals surface area contributed by atoms with E-state index < -0.39 is 0 Å².